The predicted octanol–water partition coefficient (Wildman–Crippen LogP) is 2.40. The third-order valence-electron chi connectivity index (χ3n) is 2.77. The van der Waals surface area contributed by atoms with Crippen molar-refractivity contribution in [3.8, 4) is 0 Å². The minimum Gasteiger partial charge on any atom is -0.361 e. The van der Waals surface area contributed by atoms with Crippen molar-refractivity contribution in [1.29, 1.82) is 0 Å². The summed E-state index contributed by atoms with van der Waals surface area (Å²) in [7, 11) is 0. The van der Waals surface area contributed by atoms with Gasteiger partial charge in [0, 0.05) is 18.9 Å². The summed E-state index contributed by atoms with van der Waals surface area (Å²) in [6, 6.07) is 1.98. The Morgan fingerprint density at radius 3 is 3.13 bits per heavy atom. The number of pyridine rings is 1. The number of nitrogens with zero attached hydrogens (tertiary/aromatic N) is 2. The molecule has 0 amide bonds. The Balaban J connectivity index is 2.28. The lowest BCUT2D eigenvalue weighted by Crippen LogP contribution is -2.40. The van der Waals surface area contributed by atoms with Gasteiger partial charge in [-0.15, -0.1) is 0 Å². The molecule has 1 fully saturated rings. The van der Waals surface area contributed by atoms with Gasteiger partial charge in [-0.3, -0.25) is 4.98 Å². The van der Waals surface area contributed by atoms with Crippen LogP contribution in [0.4, 0.5) is 5.69 Å². The maximum absolute atomic E-state index is 11.0. The minimum absolute atomic E-state index is 0.0254. The number of hydrogen-bond acceptors (Lipinski definition) is 3. The Morgan fingerprint density at radius 1 is 1.53 bits per heavy atom. The summed E-state index contributed by atoms with van der Waals surface area (Å²) in [5, 5.41) is 0. The van der Waals surface area contributed by atoms with Crippen molar-refractivity contribution in [3.05, 3.63) is 22.9 Å². The first-order valence-electron chi connectivity index (χ1n) is 5.14. The van der Waals surface area contributed by atoms with Crippen molar-refractivity contribution in [2.45, 2.75) is 25.3 Å². The van der Waals surface area contributed by atoms with Crippen LogP contribution in [-0.4, -0.2) is 23.9 Å². The maximum Gasteiger partial charge on any atom is 0.142 e. The number of carbonyl (C=O) groups is 1. The van der Waals surface area contributed by atoms with Gasteiger partial charge in [-0.1, -0.05) is 0 Å². The molecule has 1 aromatic heterocycles. The van der Waals surface area contributed by atoms with Crippen LogP contribution in [0.2, 0.25) is 0 Å². The number of piperidine rings is 1. The van der Waals surface area contributed by atoms with Crippen molar-refractivity contribution in [3.63, 3.8) is 0 Å². The molecule has 1 atom stereocenters. The summed E-state index contributed by atoms with van der Waals surface area (Å²) in [5.74, 6) is 0. The van der Waals surface area contributed by atoms with E-state index in [1.165, 1.54) is 0 Å². The molecule has 2 rings (SSSR count). The van der Waals surface area contributed by atoms with Gasteiger partial charge in [0.2, 0.25) is 0 Å². The minimum atomic E-state index is 0.0254. The van der Waals surface area contributed by atoms with Crippen LogP contribution in [0, 0.1) is 0 Å². The van der Waals surface area contributed by atoms with Gasteiger partial charge in [-0.25, -0.2) is 0 Å². The normalized spacial score (nSPS) is 21.4. The highest BCUT2D eigenvalue weighted by Gasteiger charge is 2.23. The summed E-state index contributed by atoms with van der Waals surface area (Å²) in [4.78, 5) is 17.2. The van der Waals surface area contributed by atoms with Gasteiger partial charge in [0.1, 0.15) is 6.29 Å². The average molecular weight is 269 g/mol. The van der Waals surface area contributed by atoms with Crippen molar-refractivity contribution in [2.24, 2.45) is 0 Å². The molecule has 1 aliphatic rings. The van der Waals surface area contributed by atoms with E-state index in [2.05, 4.69) is 25.8 Å². The first kappa shape index (κ1) is 10.6. The van der Waals surface area contributed by atoms with E-state index in [1.54, 1.807) is 12.4 Å². The summed E-state index contributed by atoms with van der Waals surface area (Å²) in [5.41, 5.74) is 1.07. The molecule has 1 aliphatic heterocycles. The van der Waals surface area contributed by atoms with E-state index >= 15 is 0 Å². The summed E-state index contributed by atoms with van der Waals surface area (Å²) in [6.07, 6.45) is 7.83. The molecule has 1 unspecified atom stereocenters. The molecule has 2 heterocycles. The van der Waals surface area contributed by atoms with Gasteiger partial charge >= 0.3 is 0 Å². The largest absolute Gasteiger partial charge is 0.361 e. The molecule has 1 saturated heterocycles. The highest BCUT2D eigenvalue weighted by Crippen LogP contribution is 2.29. The van der Waals surface area contributed by atoms with Crippen LogP contribution in [0.3, 0.4) is 0 Å². The fourth-order valence-electron chi connectivity index (χ4n) is 2.00. The molecule has 0 radical (unpaired) electrons. The second-order valence-corrected chi connectivity index (χ2v) is 4.57. The van der Waals surface area contributed by atoms with Gasteiger partial charge in [-0.2, -0.15) is 0 Å². The van der Waals surface area contributed by atoms with Gasteiger partial charge in [0.05, 0.1) is 16.2 Å². The Labute approximate surface area is 97.6 Å². The molecule has 0 aromatic carbocycles. The van der Waals surface area contributed by atoms with Crippen LogP contribution in [0.15, 0.2) is 22.9 Å². The topological polar surface area (TPSA) is 33.2 Å². The molecule has 0 saturated carbocycles. The highest BCUT2D eigenvalue weighted by molar-refractivity contribution is 9.10. The van der Waals surface area contributed by atoms with Crippen LogP contribution < -0.4 is 4.90 Å². The molecule has 1 aromatic rings. The number of anilines is 1. The van der Waals surface area contributed by atoms with Crippen LogP contribution in [0.5, 0.6) is 0 Å². The van der Waals surface area contributed by atoms with E-state index in [0.717, 1.165) is 42.3 Å². The molecule has 0 spiro atoms. The zero-order chi connectivity index (χ0) is 10.7. The average Bonchev–Trinajstić information content (AvgIpc) is 2.30. The quantitative estimate of drug-likeness (QED) is 0.773. The lowest BCUT2D eigenvalue weighted by atomic mass is 10.0. The smallest absolute Gasteiger partial charge is 0.142 e. The molecular formula is C11H13BrN2O. The van der Waals surface area contributed by atoms with E-state index in [9.17, 15) is 4.79 Å². The molecule has 15 heavy (non-hydrogen) atoms. The van der Waals surface area contributed by atoms with Crippen LogP contribution in [0.1, 0.15) is 19.3 Å². The maximum atomic E-state index is 11.0. The van der Waals surface area contributed by atoms with Gasteiger partial charge in [0.25, 0.3) is 0 Å². The molecule has 80 valence electrons. The first-order chi connectivity index (χ1) is 7.33. The molecule has 0 N–H and O–H groups in total. The fourth-order valence-corrected chi connectivity index (χ4v) is 2.48. The monoisotopic (exact) mass is 268 g/mol. The number of hydrogen-bond donors (Lipinski definition) is 0. The van der Waals surface area contributed by atoms with Crippen molar-refractivity contribution in [2.75, 3.05) is 11.4 Å². The standard InChI is InChI=1S/C11H13BrN2O/c12-10-7-13-5-4-11(10)14-6-2-1-3-9(14)8-15/h4-5,7-9H,1-3,6H2. The lowest BCUT2D eigenvalue weighted by molar-refractivity contribution is -0.109. The Morgan fingerprint density at radius 2 is 2.40 bits per heavy atom. The second-order valence-electron chi connectivity index (χ2n) is 3.72. The number of halogens is 1. The van der Waals surface area contributed by atoms with Gasteiger partial charge in [-0.05, 0) is 41.3 Å². The van der Waals surface area contributed by atoms with Crippen LogP contribution in [0.25, 0.3) is 0 Å². The molecule has 3 nitrogen and oxygen atoms in total. The number of carbonyl (C=O) groups excluding carboxylic acids is 1. The third-order valence-corrected chi connectivity index (χ3v) is 3.38. The Kier molecular flexibility index (Phi) is 3.36. The van der Waals surface area contributed by atoms with Crippen molar-refractivity contribution in [1.82, 2.24) is 4.98 Å². The van der Waals surface area contributed by atoms with Crippen molar-refractivity contribution < 1.29 is 4.79 Å². The van der Waals surface area contributed by atoms with Gasteiger partial charge < -0.3 is 9.69 Å². The molecule has 4 heteroatoms. The first-order valence-corrected chi connectivity index (χ1v) is 5.93. The van der Waals surface area contributed by atoms with E-state index in [-0.39, 0.29) is 6.04 Å². The Hall–Kier alpha value is -0.900. The summed E-state index contributed by atoms with van der Waals surface area (Å²) in [6.45, 7) is 0.950. The van der Waals surface area contributed by atoms with E-state index in [1.807, 2.05) is 6.07 Å². The Bertz CT molecular complexity index is 356. The highest BCUT2D eigenvalue weighted by atomic mass is 79.9. The van der Waals surface area contributed by atoms with E-state index in [4.69, 9.17) is 0 Å². The SMILES string of the molecule is O=CC1CCCCN1c1ccncc1Br. The molecule has 0 bridgehead atoms. The van der Waals surface area contributed by atoms with Crippen LogP contribution in [-0.2, 0) is 4.79 Å². The summed E-state index contributed by atoms with van der Waals surface area (Å²) < 4.78 is 0.957. The number of aldehydes is 1. The van der Waals surface area contributed by atoms with Crippen LogP contribution >= 0.6 is 15.9 Å². The second kappa shape index (κ2) is 4.75. The van der Waals surface area contributed by atoms with E-state index < -0.39 is 0 Å². The molecule has 0 aliphatic carbocycles. The summed E-state index contributed by atoms with van der Waals surface area (Å²) >= 11 is 3.47. The zero-order valence-corrected chi connectivity index (χ0v) is 9.98. The number of aromatic nitrogens is 1. The zero-order valence-electron chi connectivity index (χ0n) is 8.40. The number of rotatable bonds is 2. The van der Waals surface area contributed by atoms with Crippen molar-refractivity contribution >= 4 is 27.9 Å². The van der Waals surface area contributed by atoms with E-state index in [0.29, 0.717) is 0 Å². The lowest BCUT2D eigenvalue weighted by Gasteiger charge is -2.34. The molecular weight excluding hydrogens is 256 g/mol. The fraction of sp³-hybridized carbons (Fsp3) is 0.455. The third kappa shape index (κ3) is 2.20. The van der Waals surface area contributed by atoms with Gasteiger partial charge in [0.15, 0.2) is 0 Å². The predicted molar refractivity (Wildman–Crippen MR) is 63.0 cm³/mol.